The highest BCUT2D eigenvalue weighted by Gasteiger charge is 2.34. The first-order chi connectivity index (χ1) is 12.1. The Balaban J connectivity index is 1.51. The van der Waals surface area contributed by atoms with Crippen molar-refractivity contribution in [2.24, 2.45) is 0 Å². The molecule has 2 saturated heterocycles. The van der Waals surface area contributed by atoms with E-state index in [1.807, 2.05) is 12.2 Å². The van der Waals surface area contributed by atoms with E-state index in [9.17, 15) is 14.8 Å². The maximum atomic E-state index is 12.4. The summed E-state index contributed by atoms with van der Waals surface area (Å²) in [6.45, 7) is 1.53. The number of hydrogen-bond donors (Lipinski definition) is 5. The van der Waals surface area contributed by atoms with Crippen molar-refractivity contribution in [1.82, 2.24) is 26.3 Å². The molecular formula is C17H29N5O3. The van der Waals surface area contributed by atoms with Gasteiger partial charge >= 0.3 is 0 Å². The normalized spacial score (nSPS) is 33.6. The van der Waals surface area contributed by atoms with E-state index in [4.69, 9.17) is 0 Å². The third kappa shape index (κ3) is 4.78. The number of hydroxylamine groups is 2. The van der Waals surface area contributed by atoms with E-state index >= 15 is 0 Å². The van der Waals surface area contributed by atoms with Gasteiger partial charge in [0.05, 0.1) is 12.1 Å². The molecule has 0 radical (unpaired) electrons. The lowest BCUT2D eigenvalue weighted by molar-refractivity contribution is -0.196. The van der Waals surface area contributed by atoms with Crippen molar-refractivity contribution in [3.8, 4) is 0 Å². The minimum absolute atomic E-state index is 0.0742. The zero-order valence-corrected chi connectivity index (χ0v) is 14.5. The molecule has 3 heterocycles. The van der Waals surface area contributed by atoms with Crippen LogP contribution in [0.5, 0.6) is 0 Å². The van der Waals surface area contributed by atoms with Crippen LogP contribution in [0.4, 0.5) is 0 Å². The maximum Gasteiger partial charge on any atom is 0.238 e. The molecular weight excluding hydrogens is 322 g/mol. The van der Waals surface area contributed by atoms with Gasteiger partial charge in [0.2, 0.25) is 11.8 Å². The molecule has 8 heteroatoms. The monoisotopic (exact) mass is 351 g/mol. The van der Waals surface area contributed by atoms with Gasteiger partial charge in [-0.05, 0) is 45.1 Å². The Bertz CT molecular complexity index is 507. The zero-order chi connectivity index (χ0) is 17.6. The van der Waals surface area contributed by atoms with Crippen molar-refractivity contribution in [3.63, 3.8) is 0 Å². The Morgan fingerprint density at radius 3 is 2.24 bits per heavy atom. The first-order valence-corrected chi connectivity index (χ1v) is 9.35. The first kappa shape index (κ1) is 18.3. The molecule has 0 spiro atoms. The molecule has 3 rings (SSSR count). The third-order valence-corrected chi connectivity index (χ3v) is 5.18. The fraction of sp³-hybridized carbons (Fsp3) is 0.765. The summed E-state index contributed by atoms with van der Waals surface area (Å²) in [6.07, 6.45) is 8.83. The number of rotatable bonds is 4. The molecule has 0 aromatic rings. The van der Waals surface area contributed by atoms with Crippen LogP contribution in [0.15, 0.2) is 12.2 Å². The second kappa shape index (κ2) is 8.75. The summed E-state index contributed by atoms with van der Waals surface area (Å²) in [6, 6.07) is -0.449. The van der Waals surface area contributed by atoms with Crippen LogP contribution < -0.4 is 21.3 Å². The van der Waals surface area contributed by atoms with Gasteiger partial charge in [0.1, 0.15) is 12.3 Å². The second-order valence-corrected chi connectivity index (χ2v) is 7.03. The standard InChI is InChI=1S/C17H29N5O3/c23-16(12-6-1-3-10-18-12)20-14-8-5-9-15(22(14)25)21-17(24)13-7-2-4-11-19-13/h1,3,12-15,18-19,25H,2,4-11H2,(H,20,23)(H,21,24). The van der Waals surface area contributed by atoms with Crippen molar-refractivity contribution >= 4 is 11.8 Å². The summed E-state index contributed by atoms with van der Waals surface area (Å²) in [5, 5.41) is 23.7. The van der Waals surface area contributed by atoms with E-state index in [1.54, 1.807) is 0 Å². The number of nitrogens with zero attached hydrogens (tertiary/aromatic N) is 1. The lowest BCUT2D eigenvalue weighted by Crippen LogP contribution is -2.62. The lowest BCUT2D eigenvalue weighted by Gasteiger charge is -2.39. The Hall–Kier alpha value is -1.48. The van der Waals surface area contributed by atoms with Crippen LogP contribution in [0.1, 0.15) is 44.9 Å². The molecule has 2 fully saturated rings. The summed E-state index contributed by atoms with van der Waals surface area (Å²) >= 11 is 0. The van der Waals surface area contributed by atoms with E-state index in [0.29, 0.717) is 25.8 Å². The van der Waals surface area contributed by atoms with Crippen LogP contribution in [0.25, 0.3) is 0 Å². The van der Waals surface area contributed by atoms with Gasteiger partial charge in [0.25, 0.3) is 0 Å². The molecule has 0 aromatic carbocycles. The highest BCUT2D eigenvalue weighted by atomic mass is 16.5. The summed E-state index contributed by atoms with van der Waals surface area (Å²) in [7, 11) is 0. The maximum absolute atomic E-state index is 12.4. The van der Waals surface area contributed by atoms with Gasteiger partial charge in [-0.2, -0.15) is 0 Å². The van der Waals surface area contributed by atoms with Gasteiger partial charge < -0.3 is 26.5 Å². The number of hydrogen-bond acceptors (Lipinski definition) is 6. The van der Waals surface area contributed by atoms with Gasteiger partial charge in [0.15, 0.2) is 0 Å². The molecule has 8 nitrogen and oxygen atoms in total. The fourth-order valence-electron chi connectivity index (χ4n) is 3.68. The summed E-state index contributed by atoms with van der Waals surface area (Å²) in [4.78, 5) is 24.7. The molecule has 4 unspecified atom stereocenters. The average Bonchev–Trinajstić information content (AvgIpc) is 2.66. The number of nitrogens with one attached hydrogen (secondary N) is 4. The smallest absolute Gasteiger partial charge is 0.238 e. The third-order valence-electron chi connectivity index (χ3n) is 5.18. The van der Waals surface area contributed by atoms with Crippen LogP contribution in [0.3, 0.4) is 0 Å². The van der Waals surface area contributed by atoms with Crippen molar-refractivity contribution in [1.29, 1.82) is 0 Å². The average molecular weight is 351 g/mol. The van der Waals surface area contributed by atoms with Gasteiger partial charge in [-0.25, -0.2) is 0 Å². The molecule has 140 valence electrons. The molecule has 2 amide bonds. The predicted molar refractivity (Wildman–Crippen MR) is 92.5 cm³/mol. The van der Waals surface area contributed by atoms with Crippen molar-refractivity contribution < 1.29 is 14.8 Å². The first-order valence-electron chi connectivity index (χ1n) is 9.35. The molecule has 4 atom stereocenters. The molecule has 3 aliphatic rings. The molecule has 25 heavy (non-hydrogen) atoms. The Morgan fingerprint density at radius 1 is 0.920 bits per heavy atom. The Morgan fingerprint density at radius 2 is 1.64 bits per heavy atom. The summed E-state index contributed by atoms with van der Waals surface area (Å²) < 4.78 is 0. The quantitative estimate of drug-likeness (QED) is 0.450. The van der Waals surface area contributed by atoms with Crippen LogP contribution in [0.2, 0.25) is 0 Å². The van der Waals surface area contributed by atoms with Crippen molar-refractivity contribution in [3.05, 3.63) is 12.2 Å². The number of piperidine rings is 2. The predicted octanol–water partition coefficient (Wildman–Crippen LogP) is -0.194. The second-order valence-electron chi connectivity index (χ2n) is 7.03. The Labute approximate surface area is 148 Å². The highest BCUT2D eigenvalue weighted by Crippen LogP contribution is 2.19. The molecule has 3 aliphatic heterocycles. The SMILES string of the molecule is O=C(NC1CCCC(NC(=O)C2CCCCN2)N1O)C1CC=CCN1. The number of amides is 2. The Kier molecular flexibility index (Phi) is 6.41. The zero-order valence-electron chi connectivity index (χ0n) is 14.5. The van der Waals surface area contributed by atoms with Gasteiger partial charge in [0, 0.05) is 6.54 Å². The van der Waals surface area contributed by atoms with E-state index in [1.165, 1.54) is 0 Å². The van der Waals surface area contributed by atoms with Gasteiger partial charge in [-0.1, -0.05) is 18.6 Å². The molecule has 0 saturated carbocycles. The van der Waals surface area contributed by atoms with Crippen LogP contribution >= 0.6 is 0 Å². The number of carbonyl (C=O) groups is 2. The lowest BCUT2D eigenvalue weighted by atomic mass is 10.0. The van der Waals surface area contributed by atoms with Crippen LogP contribution in [-0.2, 0) is 9.59 Å². The van der Waals surface area contributed by atoms with E-state index in [0.717, 1.165) is 37.3 Å². The van der Waals surface area contributed by atoms with Crippen molar-refractivity contribution in [2.45, 2.75) is 69.4 Å². The highest BCUT2D eigenvalue weighted by molar-refractivity contribution is 5.83. The molecule has 0 aromatic heterocycles. The van der Waals surface area contributed by atoms with Crippen LogP contribution in [0, 0.1) is 0 Å². The van der Waals surface area contributed by atoms with Gasteiger partial charge in [-0.15, -0.1) is 5.06 Å². The van der Waals surface area contributed by atoms with Gasteiger partial charge in [-0.3, -0.25) is 9.59 Å². The minimum atomic E-state index is -0.474. The molecule has 5 N–H and O–H groups in total. The van der Waals surface area contributed by atoms with E-state index in [2.05, 4.69) is 21.3 Å². The fourth-order valence-corrected chi connectivity index (χ4v) is 3.68. The molecule has 0 aliphatic carbocycles. The van der Waals surface area contributed by atoms with Crippen LogP contribution in [-0.4, -0.2) is 59.6 Å². The largest absolute Gasteiger partial charge is 0.337 e. The molecule has 0 bridgehead atoms. The van der Waals surface area contributed by atoms with E-state index < -0.39 is 12.3 Å². The van der Waals surface area contributed by atoms with E-state index in [-0.39, 0.29) is 23.9 Å². The topological polar surface area (TPSA) is 106 Å². The minimum Gasteiger partial charge on any atom is -0.337 e. The summed E-state index contributed by atoms with van der Waals surface area (Å²) in [5.74, 6) is -0.191. The number of carbonyl (C=O) groups excluding carboxylic acids is 2. The van der Waals surface area contributed by atoms with Crippen molar-refractivity contribution in [2.75, 3.05) is 13.1 Å². The summed E-state index contributed by atoms with van der Waals surface area (Å²) in [5.41, 5.74) is 0.